The number of methoxy groups -OCH3 is 1. The first kappa shape index (κ1) is 17.8. The lowest BCUT2D eigenvalue weighted by Crippen LogP contribution is -2.13. The molecule has 0 saturated heterocycles. The molecule has 2 heterocycles. The van der Waals surface area contributed by atoms with Crippen LogP contribution in [0.15, 0.2) is 70.4 Å². The summed E-state index contributed by atoms with van der Waals surface area (Å²) in [5, 5.41) is 2.82. The summed E-state index contributed by atoms with van der Waals surface area (Å²) >= 11 is 1.41. The second-order valence-electron chi connectivity index (χ2n) is 5.23. The Morgan fingerprint density at radius 1 is 1.15 bits per heavy atom. The van der Waals surface area contributed by atoms with Gasteiger partial charge in [0.25, 0.3) is 5.91 Å². The molecule has 0 unspecified atom stereocenters. The predicted molar refractivity (Wildman–Crippen MR) is 98.2 cm³/mol. The number of pyridine rings is 1. The summed E-state index contributed by atoms with van der Waals surface area (Å²) in [7, 11) is 1.32. The molecule has 0 atom stereocenters. The first-order valence-electron chi connectivity index (χ1n) is 7.77. The van der Waals surface area contributed by atoms with Gasteiger partial charge >= 0.3 is 5.97 Å². The van der Waals surface area contributed by atoms with Gasteiger partial charge in [-0.1, -0.05) is 12.1 Å². The summed E-state index contributed by atoms with van der Waals surface area (Å²) < 4.78 is 10.1. The SMILES string of the molecule is COC(=O)c1ccoc1CSc1ccccc1C(=O)Nc1cccnc1. The topological polar surface area (TPSA) is 81.4 Å². The van der Waals surface area contributed by atoms with Crippen LogP contribution in [-0.2, 0) is 10.5 Å². The molecule has 0 saturated carbocycles. The Hall–Kier alpha value is -3.06. The molecular weight excluding hydrogens is 352 g/mol. The summed E-state index contributed by atoms with van der Waals surface area (Å²) in [6.07, 6.45) is 4.67. The number of amides is 1. The number of hydrogen-bond acceptors (Lipinski definition) is 6. The van der Waals surface area contributed by atoms with Crippen LogP contribution in [0.1, 0.15) is 26.5 Å². The van der Waals surface area contributed by atoms with Crippen molar-refractivity contribution >= 4 is 29.3 Å². The first-order chi connectivity index (χ1) is 12.7. The van der Waals surface area contributed by atoms with Gasteiger partial charge < -0.3 is 14.5 Å². The molecule has 1 amide bonds. The van der Waals surface area contributed by atoms with Crippen molar-refractivity contribution in [2.24, 2.45) is 0 Å². The van der Waals surface area contributed by atoms with E-state index < -0.39 is 5.97 Å². The molecule has 132 valence electrons. The number of esters is 1. The van der Waals surface area contributed by atoms with Crippen molar-refractivity contribution in [1.29, 1.82) is 0 Å². The Bertz CT molecular complexity index is 909. The minimum absolute atomic E-state index is 0.228. The highest BCUT2D eigenvalue weighted by atomic mass is 32.2. The van der Waals surface area contributed by atoms with E-state index in [1.165, 1.54) is 25.1 Å². The zero-order valence-electron chi connectivity index (χ0n) is 14.0. The van der Waals surface area contributed by atoms with Gasteiger partial charge in [0, 0.05) is 11.1 Å². The van der Waals surface area contributed by atoms with Gasteiger partial charge in [-0.15, -0.1) is 11.8 Å². The van der Waals surface area contributed by atoms with Crippen molar-refractivity contribution < 1.29 is 18.7 Å². The molecule has 0 aliphatic carbocycles. The molecule has 0 spiro atoms. The number of anilines is 1. The molecule has 3 aromatic rings. The van der Waals surface area contributed by atoms with Crippen molar-refractivity contribution in [3.05, 3.63) is 78.0 Å². The molecule has 7 heteroatoms. The fourth-order valence-electron chi connectivity index (χ4n) is 2.30. The van der Waals surface area contributed by atoms with Gasteiger partial charge in [0.15, 0.2) is 0 Å². The number of benzene rings is 1. The molecule has 0 aliphatic rings. The third-order valence-corrected chi connectivity index (χ3v) is 4.63. The maximum absolute atomic E-state index is 12.6. The van der Waals surface area contributed by atoms with Crippen molar-refractivity contribution in [3.8, 4) is 0 Å². The Labute approximate surface area is 154 Å². The van der Waals surface area contributed by atoms with Crippen molar-refractivity contribution in [2.75, 3.05) is 12.4 Å². The van der Waals surface area contributed by atoms with E-state index in [2.05, 4.69) is 10.3 Å². The van der Waals surface area contributed by atoms with Gasteiger partial charge in [0.1, 0.15) is 11.3 Å². The largest absolute Gasteiger partial charge is 0.468 e. The molecule has 3 rings (SSSR count). The summed E-state index contributed by atoms with van der Waals surface area (Å²) in [5.41, 5.74) is 1.54. The molecule has 0 aliphatic heterocycles. The van der Waals surface area contributed by atoms with Gasteiger partial charge in [-0.3, -0.25) is 9.78 Å². The van der Waals surface area contributed by atoms with Crippen LogP contribution in [-0.4, -0.2) is 24.0 Å². The van der Waals surface area contributed by atoms with E-state index in [9.17, 15) is 9.59 Å². The zero-order chi connectivity index (χ0) is 18.4. The summed E-state index contributed by atoms with van der Waals surface area (Å²) in [6, 6.07) is 12.3. The molecular formula is C19H16N2O4S. The van der Waals surface area contributed by atoms with E-state index >= 15 is 0 Å². The normalized spacial score (nSPS) is 10.3. The number of ether oxygens (including phenoxy) is 1. The van der Waals surface area contributed by atoms with Crippen molar-refractivity contribution in [1.82, 2.24) is 4.98 Å². The van der Waals surface area contributed by atoms with Gasteiger partial charge in [0.2, 0.25) is 0 Å². The van der Waals surface area contributed by atoms with E-state index in [4.69, 9.17) is 9.15 Å². The highest BCUT2D eigenvalue weighted by Crippen LogP contribution is 2.28. The van der Waals surface area contributed by atoms with Crippen LogP contribution in [0.25, 0.3) is 0 Å². The summed E-state index contributed by atoms with van der Waals surface area (Å²) in [6.45, 7) is 0. The number of nitrogens with one attached hydrogen (secondary N) is 1. The zero-order valence-corrected chi connectivity index (χ0v) is 14.8. The van der Waals surface area contributed by atoms with E-state index in [1.807, 2.05) is 12.1 Å². The fourth-order valence-corrected chi connectivity index (χ4v) is 3.30. The predicted octanol–water partition coefficient (Wildman–Crippen LogP) is 4.01. The van der Waals surface area contributed by atoms with E-state index in [0.29, 0.717) is 28.3 Å². The number of aromatic nitrogens is 1. The van der Waals surface area contributed by atoms with Crippen LogP contribution >= 0.6 is 11.8 Å². The number of rotatable bonds is 6. The van der Waals surface area contributed by atoms with E-state index in [1.54, 1.807) is 42.7 Å². The average molecular weight is 368 g/mol. The van der Waals surface area contributed by atoms with Crippen LogP contribution in [0.2, 0.25) is 0 Å². The quantitative estimate of drug-likeness (QED) is 0.523. The molecule has 26 heavy (non-hydrogen) atoms. The van der Waals surface area contributed by atoms with Gasteiger partial charge in [0.05, 0.1) is 36.6 Å². The number of furan rings is 1. The third-order valence-electron chi connectivity index (χ3n) is 3.56. The van der Waals surface area contributed by atoms with E-state index in [0.717, 1.165) is 4.90 Å². The van der Waals surface area contributed by atoms with E-state index in [-0.39, 0.29) is 5.91 Å². The highest BCUT2D eigenvalue weighted by molar-refractivity contribution is 7.98. The molecule has 6 nitrogen and oxygen atoms in total. The smallest absolute Gasteiger partial charge is 0.341 e. The second-order valence-corrected chi connectivity index (χ2v) is 6.25. The number of carbonyl (C=O) groups excluding carboxylic acids is 2. The maximum atomic E-state index is 12.6. The van der Waals surface area contributed by atoms with Crippen molar-refractivity contribution in [3.63, 3.8) is 0 Å². The van der Waals surface area contributed by atoms with Crippen LogP contribution in [0, 0.1) is 0 Å². The molecule has 1 aromatic carbocycles. The second kappa shape index (κ2) is 8.35. The molecule has 0 radical (unpaired) electrons. The first-order valence-corrected chi connectivity index (χ1v) is 8.75. The number of thioether (sulfide) groups is 1. The monoisotopic (exact) mass is 368 g/mol. The fraction of sp³-hybridized carbons (Fsp3) is 0.105. The Morgan fingerprint density at radius 2 is 2.00 bits per heavy atom. The van der Waals surface area contributed by atoms with Crippen LogP contribution in [0.5, 0.6) is 0 Å². The number of nitrogens with zero attached hydrogens (tertiary/aromatic N) is 1. The minimum atomic E-state index is -0.447. The van der Waals surface area contributed by atoms with Gasteiger partial charge in [-0.05, 0) is 30.3 Å². The van der Waals surface area contributed by atoms with Crippen LogP contribution in [0.3, 0.4) is 0 Å². The summed E-state index contributed by atoms with van der Waals surface area (Å²) in [4.78, 5) is 29.1. The molecule has 1 N–H and O–H groups in total. The summed E-state index contributed by atoms with van der Waals surface area (Å²) in [5.74, 6) is 0.226. The standard InChI is InChI=1S/C19H16N2O4S/c1-24-19(23)14-8-10-25-16(14)12-26-17-7-3-2-6-15(17)18(22)21-13-5-4-9-20-11-13/h2-11H,12H2,1H3,(H,21,22). The third kappa shape index (κ3) is 4.12. The van der Waals surface area contributed by atoms with Gasteiger partial charge in [-0.25, -0.2) is 4.79 Å². The lowest BCUT2D eigenvalue weighted by atomic mass is 10.2. The van der Waals surface area contributed by atoms with Crippen molar-refractivity contribution in [2.45, 2.75) is 10.6 Å². The van der Waals surface area contributed by atoms with Crippen LogP contribution in [0.4, 0.5) is 5.69 Å². The number of carbonyl (C=O) groups is 2. The molecule has 0 bridgehead atoms. The maximum Gasteiger partial charge on any atom is 0.341 e. The van der Waals surface area contributed by atoms with Crippen LogP contribution < -0.4 is 5.32 Å². The van der Waals surface area contributed by atoms with Gasteiger partial charge in [-0.2, -0.15) is 0 Å². The number of hydrogen-bond donors (Lipinski definition) is 1. The average Bonchev–Trinajstić information content (AvgIpc) is 3.15. The molecule has 0 fully saturated rings. The lowest BCUT2D eigenvalue weighted by Gasteiger charge is -2.09. The molecule has 2 aromatic heterocycles. The Morgan fingerprint density at radius 3 is 2.77 bits per heavy atom. The lowest BCUT2D eigenvalue weighted by molar-refractivity contribution is 0.0598. The minimum Gasteiger partial charge on any atom is -0.468 e. The Kier molecular flexibility index (Phi) is 5.70. The highest BCUT2D eigenvalue weighted by Gasteiger charge is 2.17. The Balaban J connectivity index is 1.75.